The first kappa shape index (κ1) is 19.5. The van der Waals surface area contributed by atoms with Gasteiger partial charge in [-0.15, -0.1) is 0 Å². The summed E-state index contributed by atoms with van der Waals surface area (Å²) in [6.45, 7) is 13.4. The van der Waals surface area contributed by atoms with Crippen LogP contribution in [0.1, 0.15) is 45.6 Å². The molecule has 1 aromatic heterocycles. The molecule has 0 amide bonds. The van der Waals surface area contributed by atoms with Crippen LogP contribution in [-0.4, -0.2) is 35.2 Å². The molecule has 0 saturated carbocycles. The number of rotatable bonds is 6. The summed E-state index contributed by atoms with van der Waals surface area (Å²) in [7, 11) is 0. The Morgan fingerprint density at radius 3 is 2.59 bits per heavy atom. The van der Waals surface area contributed by atoms with Gasteiger partial charge in [0.2, 0.25) is 5.89 Å². The van der Waals surface area contributed by atoms with Gasteiger partial charge in [0.1, 0.15) is 22.9 Å². The Morgan fingerprint density at radius 2 is 1.93 bits per heavy atom. The van der Waals surface area contributed by atoms with E-state index in [0.29, 0.717) is 12.5 Å². The topological polar surface area (TPSA) is 47.7 Å². The highest BCUT2D eigenvalue weighted by Crippen LogP contribution is 2.26. The average molecular weight is 370 g/mol. The molecule has 146 valence electrons. The first-order valence-electron chi connectivity index (χ1n) is 9.64. The smallest absolute Gasteiger partial charge is 0.226 e. The van der Waals surface area contributed by atoms with Crippen LogP contribution in [0.4, 0.5) is 0 Å². The van der Waals surface area contributed by atoms with E-state index >= 15 is 0 Å². The van der Waals surface area contributed by atoms with Gasteiger partial charge in [-0.3, -0.25) is 4.90 Å². The van der Waals surface area contributed by atoms with E-state index in [1.165, 1.54) is 0 Å². The van der Waals surface area contributed by atoms with Crippen molar-refractivity contribution in [1.29, 1.82) is 0 Å². The van der Waals surface area contributed by atoms with Gasteiger partial charge >= 0.3 is 0 Å². The fourth-order valence-corrected chi connectivity index (χ4v) is 3.14. The van der Waals surface area contributed by atoms with E-state index in [1.54, 1.807) is 0 Å². The molecule has 0 saturated heterocycles. The highest BCUT2D eigenvalue weighted by molar-refractivity contribution is 5.55. The third-order valence-electron chi connectivity index (χ3n) is 4.31. The monoisotopic (exact) mass is 370 g/mol. The van der Waals surface area contributed by atoms with E-state index in [9.17, 15) is 0 Å². The van der Waals surface area contributed by atoms with Crippen LogP contribution in [0.3, 0.4) is 0 Å². The Hall–Kier alpha value is -2.27. The van der Waals surface area contributed by atoms with Gasteiger partial charge in [0.25, 0.3) is 0 Å². The van der Waals surface area contributed by atoms with Gasteiger partial charge in [0.15, 0.2) is 0 Å². The van der Waals surface area contributed by atoms with Crippen molar-refractivity contribution in [3.05, 3.63) is 47.6 Å². The number of hydrogen-bond donors (Lipinski definition) is 0. The minimum Gasteiger partial charge on any atom is -0.494 e. The molecule has 2 aromatic rings. The van der Waals surface area contributed by atoms with Crippen LogP contribution in [0.25, 0.3) is 11.5 Å². The third kappa shape index (κ3) is 5.36. The summed E-state index contributed by atoms with van der Waals surface area (Å²) in [5, 5.41) is 0. The van der Waals surface area contributed by atoms with Crippen LogP contribution in [0.2, 0.25) is 0 Å². The third-order valence-corrected chi connectivity index (χ3v) is 4.31. The lowest BCUT2D eigenvalue weighted by Gasteiger charge is -2.31. The lowest BCUT2D eigenvalue weighted by atomic mass is 10.1. The molecule has 27 heavy (non-hydrogen) atoms. The van der Waals surface area contributed by atoms with Gasteiger partial charge in [0.05, 0.1) is 18.8 Å². The number of benzene rings is 1. The summed E-state index contributed by atoms with van der Waals surface area (Å²) in [6, 6.07) is 7.87. The molecule has 0 fully saturated rings. The van der Waals surface area contributed by atoms with Gasteiger partial charge in [-0.05, 0) is 71.4 Å². The SMILES string of the molecule is CCOc1ccc(-c2nc(CN3CCC=C(OC(C)(C)C)C3)c(C)o2)cc1. The number of nitrogens with zero attached hydrogens (tertiary/aromatic N) is 2. The molecule has 0 aliphatic carbocycles. The minimum atomic E-state index is -0.167. The van der Waals surface area contributed by atoms with Crippen LogP contribution in [0.5, 0.6) is 5.75 Å². The molecular formula is C22H30N2O3. The summed E-state index contributed by atoms with van der Waals surface area (Å²) in [4.78, 5) is 7.10. The van der Waals surface area contributed by atoms with E-state index in [-0.39, 0.29) is 5.60 Å². The van der Waals surface area contributed by atoms with E-state index in [2.05, 4.69) is 31.7 Å². The summed E-state index contributed by atoms with van der Waals surface area (Å²) in [5.41, 5.74) is 1.78. The fraction of sp³-hybridized carbons (Fsp3) is 0.500. The predicted octanol–water partition coefficient (Wildman–Crippen LogP) is 4.95. The maximum Gasteiger partial charge on any atom is 0.226 e. The Labute approximate surface area is 162 Å². The normalized spacial score (nSPS) is 15.5. The molecule has 5 nitrogen and oxygen atoms in total. The summed E-state index contributed by atoms with van der Waals surface area (Å²) >= 11 is 0. The van der Waals surface area contributed by atoms with Crippen LogP contribution in [0, 0.1) is 6.92 Å². The van der Waals surface area contributed by atoms with Crippen molar-refractivity contribution in [3.63, 3.8) is 0 Å². The molecule has 0 radical (unpaired) electrons. The Bertz CT molecular complexity index is 785. The predicted molar refractivity (Wildman–Crippen MR) is 107 cm³/mol. The van der Waals surface area contributed by atoms with Crippen LogP contribution in [-0.2, 0) is 11.3 Å². The number of oxazole rings is 1. The lowest BCUT2D eigenvalue weighted by molar-refractivity contribution is 0.0329. The van der Waals surface area contributed by atoms with Crippen molar-refractivity contribution in [2.24, 2.45) is 0 Å². The highest BCUT2D eigenvalue weighted by atomic mass is 16.5. The van der Waals surface area contributed by atoms with Gasteiger partial charge in [-0.2, -0.15) is 0 Å². The molecule has 0 N–H and O–H groups in total. The van der Waals surface area contributed by atoms with Gasteiger partial charge in [-0.25, -0.2) is 4.98 Å². The second-order valence-corrected chi connectivity index (χ2v) is 7.86. The van der Waals surface area contributed by atoms with Crippen molar-refractivity contribution < 1.29 is 13.9 Å². The number of aromatic nitrogens is 1. The zero-order valence-electron chi connectivity index (χ0n) is 17.0. The number of hydrogen-bond acceptors (Lipinski definition) is 5. The molecule has 5 heteroatoms. The zero-order chi connectivity index (χ0) is 19.4. The van der Waals surface area contributed by atoms with Crippen molar-refractivity contribution in [1.82, 2.24) is 9.88 Å². The van der Waals surface area contributed by atoms with E-state index in [4.69, 9.17) is 18.9 Å². The maximum atomic E-state index is 6.05. The Kier molecular flexibility index (Phi) is 5.90. The molecule has 1 aromatic carbocycles. The van der Waals surface area contributed by atoms with Crippen molar-refractivity contribution in [3.8, 4) is 17.2 Å². The first-order chi connectivity index (χ1) is 12.8. The van der Waals surface area contributed by atoms with Gasteiger partial charge < -0.3 is 13.9 Å². The minimum absolute atomic E-state index is 0.167. The quantitative estimate of drug-likeness (QED) is 0.720. The Balaban J connectivity index is 1.67. The highest BCUT2D eigenvalue weighted by Gasteiger charge is 2.21. The molecule has 1 aliphatic heterocycles. The fourth-order valence-electron chi connectivity index (χ4n) is 3.14. The van der Waals surface area contributed by atoms with E-state index < -0.39 is 0 Å². The second-order valence-electron chi connectivity index (χ2n) is 7.86. The summed E-state index contributed by atoms with van der Waals surface area (Å²) in [5.74, 6) is 3.42. The van der Waals surface area contributed by atoms with Crippen LogP contribution in [0.15, 0.2) is 40.5 Å². The Morgan fingerprint density at radius 1 is 1.19 bits per heavy atom. The van der Waals surface area contributed by atoms with Gasteiger partial charge in [0, 0.05) is 18.7 Å². The molecule has 0 atom stereocenters. The van der Waals surface area contributed by atoms with E-state index in [1.807, 2.05) is 38.1 Å². The zero-order valence-corrected chi connectivity index (χ0v) is 17.0. The van der Waals surface area contributed by atoms with Gasteiger partial charge in [-0.1, -0.05) is 0 Å². The van der Waals surface area contributed by atoms with Crippen molar-refractivity contribution in [2.75, 3.05) is 19.7 Å². The molecule has 0 bridgehead atoms. The molecule has 2 heterocycles. The lowest BCUT2D eigenvalue weighted by Crippen LogP contribution is -2.33. The average Bonchev–Trinajstić information content (AvgIpc) is 2.95. The maximum absolute atomic E-state index is 6.05. The molecule has 0 spiro atoms. The molecule has 3 rings (SSSR count). The standard InChI is InChI=1S/C22H30N2O3/c1-6-25-18-11-9-17(10-12-18)21-23-20(16(2)26-21)15-24-13-7-8-19(14-24)27-22(3,4)5/h8-12H,6-7,13-15H2,1-5H3. The second kappa shape index (κ2) is 8.17. The van der Waals surface area contributed by atoms with Crippen molar-refractivity contribution in [2.45, 2.75) is 53.2 Å². The van der Waals surface area contributed by atoms with Crippen LogP contribution >= 0.6 is 0 Å². The summed E-state index contributed by atoms with van der Waals surface area (Å²) in [6.07, 6.45) is 3.19. The molecular weight excluding hydrogens is 340 g/mol. The number of ether oxygens (including phenoxy) is 2. The largest absolute Gasteiger partial charge is 0.494 e. The first-order valence-corrected chi connectivity index (χ1v) is 9.64. The van der Waals surface area contributed by atoms with Crippen molar-refractivity contribution >= 4 is 0 Å². The molecule has 1 aliphatic rings. The number of aryl methyl sites for hydroxylation is 1. The summed E-state index contributed by atoms with van der Waals surface area (Å²) < 4.78 is 17.5. The molecule has 0 unspecified atom stereocenters. The van der Waals surface area contributed by atoms with E-state index in [0.717, 1.165) is 54.6 Å². The van der Waals surface area contributed by atoms with Crippen LogP contribution < -0.4 is 4.74 Å².